The largest absolute Gasteiger partial charge is 0.457 e. The average molecular weight is 654 g/mol. The van der Waals surface area contributed by atoms with Crippen LogP contribution in [0.5, 0.6) is 11.5 Å². The molecule has 1 N–H and O–H groups in total. The second-order valence-corrected chi connectivity index (χ2v) is 13.7. The molecule has 1 aliphatic heterocycles. The summed E-state index contributed by atoms with van der Waals surface area (Å²) >= 11 is 15.0. The number of carbonyl (C=O) groups excluding carboxylic acids is 3. The van der Waals surface area contributed by atoms with E-state index in [4.69, 9.17) is 27.9 Å². The van der Waals surface area contributed by atoms with E-state index in [-0.39, 0.29) is 24.3 Å². The molecule has 1 saturated heterocycles. The summed E-state index contributed by atoms with van der Waals surface area (Å²) in [5.41, 5.74) is 6.12. The number of halogens is 2. The Kier molecular flexibility index (Phi) is 7.69. The zero-order valence-corrected chi connectivity index (χ0v) is 27.2. The van der Waals surface area contributed by atoms with Gasteiger partial charge in [-0.1, -0.05) is 67.1 Å². The van der Waals surface area contributed by atoms with Crippen LogP contribution in [0.25, 0.3) is 0 Å². The number of alkyl halides is 2. The molecule has 3 amide bonds. The number of anilines is 1. The molecule has 46 heavy (non-hydrogen) atoms. The SMILES string of the molecule is Cc1cccc(Oc2ccc(NC(=O)CCCCCN3C(=O)[C@@H]4[C@H](C3=O)C3(Cl)c5ccccc5C4(Cl)c4ccccc43)cc2)c1C. The van der Waals surface area contributed by atoms with Crippen molar-refractivity contribution in [2.24, 2.45) is 11.8 Å². The number of nitrogens with zero attached hydrogens (tertiary/aromatic N) is 1. The number of rotatable bonds is 9. The molecule has 6 nitrogen and oxygen atoms in total. The number of benzene rings is 4. The standard InChI is InChI=1S/C38H34Cl2N2O4/c1-23-11-10-16-31(24(23)2)46-26-20-18-25(19-21-26)41-32(43)17-4-3-9-22-42-35(44)33-34(36(42)45)38(40)28-13-6-5-12-27(28)37(33,39)29-14-7-8-15-30(29)38/h5-8,10-16,18-21,33-34H,3-4,9,17,22H2,1-2H3,(H,41,43)/t33-,34+,37?,38?. The van der Waals surface area contributed by atoms with Crippen LogP contribution in [0.1, 0.15) is 59.1 Å². The molecule has 0 aromatic heterocycles. The van der Waals surface area contributed by atoms with Crippen molar-refractivity contribution in [3.8, 4) is 11.5 Å². The van der Waals surface area contributed by atoms with Crippen LogP contribution in [0.3, 0.4) is 0 Å². The van der Waals surface area contributed by atoms with Crippen LogP contribution < -0.4 is 10.1 Å². The van der Waals surface area contributed by atoms with Gasteiger partial charge < -0.3 is 10.1 Å². The van der Waals surface area contributed by atoms with Gasteiger partial charge >= 0.3 is 0 Å². The number of nitrogens with one attached hydrogen (secondary N) is 1. The Morgan fingerprint density at radius 1 is 0.739 bits per heavy atom. The number of aryl methyl sites for hydroxylation is 1. The van der Waals surface area contributed by atoms with Crippen LogP contribution in [0, 0.1) is 25.7 Å². The summed E-state index contributed by atoms with van der Waals surface area (Å²) in [5.74, 6) is -0.718. The first-order valence-electron chi connectivity index (χ1n) is 15.7. The van der Waals surface area contributed by atoms with Gasteiger partial charge in [0.25, 0.3) is 0 Å². The maximum Gasteiger partial charge on any atom is 0.235 e. The normalized spacial score (nSPS) is 24.0. The zero-order chi connectivity index (χ0) is 32.2. The fourth-order valence-corrected chi connectivity index (χ4v) is 8.57. The van der Waals surface area contributed by atoms with Gasteiger partial charge in [0.2, 0.25) is 17.7 Å². The van der Waals surface area contributed by atoms with Gasteiger partial charge in [-0.15, -0.1) is 23.2 Å². The van der Waals surface area contributed by atoms with Crippen molar-refractivity contribution in [2.45, 2.75) is 49.3 Å². The minimum absolute atomic E-state index is 0.0946. The van der Waals surface area contributed by atoms with Crippen LogP contribution >= 0.6 is 23.2 Å². The highest BCUT2D eigenvalue weighted by Crippen LogP contribution is 2.69. The molecular weight excluding hydrogens is 619 g/mol. The molecule has 2 atom stereocenters. The molecule has 4 aliphatic rings. The first-order chi connectivity index (χ1) is 22.2. The van der Waals surface area contributed by atoms with Crippen LogP contribution in [-0.4, -0.2) is 29.2 Å². The van der Waals surface area contributed by atoms with Crippen molar-refractivity contribution in [3.63, 3.8) is 0 Å². The molecular formula is C38H34Cl2N2O4. The Hall–Kier alpha value is -4.13. The molecule has 3 aliphatic carbocycles. The van der Waals surface area contributed by atoms with Gasteiger partial charge in [0.1, 0.15) is 21.2 Å². The number of hydrogen-bond acceptors (Lipinski definition) is 4. The summed E-state index contributed by atoms with van der Waals surface area (Å²) in [7, 11) is 0. The molecule has 234 valence electrons. The first-order valence-corrected chi connectivity index (χ1v) is 16.5. The smallest absolute Gasteiger partial charge is 0.235 e. The Balaban J connectivity index is 0.951. The zero-order valence-electron chi connectivity index (χ0n) is 25.7. The number of unbranched alkanes of at least 4 members (excludes halogenated alkanes) is 2. The maximum absolute atomic E-state index is 13.9. The number of likely N-dealkylation sites (tertiary alicyclic amines) is 1. The Morgan fingerprint density at radius 3 is 1.83 bits per heavy atom. The molecule has 8 rings (SSSR count). The molecule has 1 heterocycles. The molecule has 0 spiro atoms. The minimum Gasteiger partial charge on any atom is -0.457 e. The lowest BCUT2D eigenvalue weighted by molar-refractivity contribution is -0.140. The van der Waals surface area contributed by atoms with Crippen molar-refractivity contribution >= 4 is 46.6 Å². The predicted octanol–water partition coefficient (Wildman–Crippen LogP) is 8.19. The van der Waals surface area contributed by atoms with Crippen LogP contribution in [-0.2, 0) is 24.1 Å². The van der Waals surface area contributed by atoms with E-state index in [1.807, 2.05) is 105 Å². The van der Waals surface area contributed by atoms with Gasteiger partial charge in [0.15, 0.2) is 0 Å². The van der Waals surface area contributed by atoms with Gasteiger partial charge in [-0.05, 0) is 90.4 Å². The number of carbonyl (C=O) groups is 3. The quantitative estimate of drug-likeness (QED) is 0.112. The second kappa shape index (κ2) is 11.6. The second-order valence-electron chi connectivity index (χ2n) is 12.5. The van der Waals surface area contributed by atoms with Gasteiger partial charge in [-0.25, -0.2) is 0 Å². The van der Waals surface area contributed by atoms with E-state index in [9.17, 15) is 14.4 Å². The highest BCUT2D eigenvalue weighted by atomic mass is 35.5. The number of ether oxygens (including phenoxy) is 1. The van der Waals surface area contributed by atoms with Crippen LogP contribution in [0.4, 0.5) is 5.69 Å². The van der Waals surface area contributed by atoms with E-state index in [1.165, 1.54) is 4.90 Å². The Bertz CT molecular complexity index is 1750. The molecule has 0 radical (unpaired) electrons. The maximum atomic E-state index is 13.9. The van der Waals surface area contributed by atoms with Crippen molar-refractivity contribution in [3.05, 3.63) is 124 Å². The van der Waals surface area contributed by atoms with Gasteiger partial charge in [0, 0.05) is 18.7 Å². The fourth-order valence-electron chi connectivity index (χ4n) is 7.47. The van der Waals surface area contributed by atoms with E-state index in [1.54, 1.807) is 0 Å². The van der Waals surface area contributed by atoms with Crippen molar-refractivity contribution in [2.75, 3.05) is 11.9 Å². The van der Waals surface area contributed by atoms with Crippen LogP contribution in [0.2, 0.25) is 0 Å². The molecule has 4 aromatic carbocycles. The first kappa shape index (κ1) is 30.5. The number of imide groups is 1. The predicted molar refractivity (Wildman–Crippen MR) is 179 cm³/mol. The van der Waals surface area contributed by atoms with Crippen molar-refractivity contribution in [1.82, 2.24) is 4.90 Å². The molecule has 4 aromatic rings. The minimum atomic E-state index is -1.17. The lowest BCUT2D eigenvalue weighted by atomic mass is 9.54. The Morgan fingerprint density at radius 2 is 1.28 bits per heavy atom. The third-order valence-electron chi connectivity index (χ3n) is 9.88. The van der Waals surface area contributed by atoms with Crippen molar-refractivity contribution < 1.29 is 19.1 Å². The average Bonchev–Trinajstić information content (AvgIpc) is 3.32. The number of hydrogen-bond donors (Lipinski definition) is 1. The van der Waals surface area contributed by atoms with E-state index >= 15 is 0 Å². The summed E-state index contributed by atoms with van der Waals surface area (Å²) in [4.78, 5) is 39.5. The van der Waals surface area contributed by atoms with Crippen LogP contribution in [0.15, 0.2) is 91.0 Å². The lowest BCUT2D eigenvalue weighted by Gasteiger charge is -2.54. The summed E-state index contributed by atoms with van der Waals surface area (Å²) in [6.07, 6.45) is 2.21. The lowest BCUT2D eigenvalue weighted by Crippen LogP contribution is -2.57. The third kappa shape index (κ3) is 4.65. The summed E-state index contributed by atoms with van der Waals surface area (Å²) in [6.45, 7) is 4.34. The Labute approximate surface area is 278 Å². The third-order valence-corrected chi connectivity index (χ3v) is 11.2. The topological polar surface area (TPSA) is 75.7 Å². The number of amides is 3. The molecule has 0 unspecified atom stereocenters. The van der Waals surface area contributed by atoms with E-state index in [0.717, 1.165) is 39.1 Å². The highest BCUT2D eigenvalue weighted by molar-refractivity contribution is 6.36. The van der Waals surface area contributed by atoms with Crippen molar-refractivity contribution in [1.29, 1.82) is 0 Å². The summed E-state index contributed by atoms with van der Waals surface area (Å²) in [6, 6.07) is 28.5. The monoisotopic (exact) mass is 652 g/mol. The van der Waals surface area contributed by atoms with Gasteiger partial charge in [0.05, 0.1) is 11.8 Å². The van der Waals surface area contributed by atoms with Gasteiger partial charge in [-0.3, -0.25) is 19.3 Å². The van der Waals surface area contributed by atoms with E-state index in [2.05, 4.69) is 5.32 Å². The highest BCUT2D eigenvalue weighted by Gasteiger charge is 2.72. The summed E-state index contributed by atoms with van der Waals surface area (Å²) < 4.78 is 6.01. The molecule has 1 fully saturated rings. The molecule has 0 saturated carbocycles. The molecule has 2 bridgehead atoms. The van der Waals surface area contributed by atoms with Gasteiger partial charge in [-0.2, -0.15) is 0 Å². The molecule has 8 heteroatoms. The van der Waals surface area contributed by atoms with E-state index < -0.39 is 21.6 Å². The fraction of sp³-hybridized carbons (Fsp3) is 0.289. The summed E-state index contributed by atoms with van der Waals surface area (Å²) in [5, 5.41) is 2.93. The van der Waals surface area contributed by atoms with E-state index in [0.29, 0.717) is 37.1 Å².